The minimum atomic E-state index is -3.67. The third kappa shape index (κ3) is 4.29. The molecular formula is C24H23ClFNO2S. The first-order valence-corrected chi connectivity index (χ1v) is 11.8. The van der Waals surface area contributed by atoms with Gasteiger partial charge in [0.25, 0.3) is 0 Å². The van der Waals surface area contributed by atoms with Gasteiger partial charge in [0.15, 0.2) is 0 Å². The van der Waals surface area contributed by atoms with Gasteiger partial charge in [-0.05, 0) is 67.1 Å². The third-order valence-corrected chi connectivity index (χ3v) is 7.84. The van der Waals surface area contributed by atoms with Crippen molar-refractivity contribution < 1.29 is 12.8 Å². The van der Waals surface area contributed by atoms with Crippen LogP contribution < -0.4 is 0 Å². The van der Waals surface area contributed by atoms with Gasteiger partial charge in [-0.15, -0.1) is 0 Å². The lowest BCUT2D eigenvalue weighted by Gasteiger charge is -2.36. The topological polar surface area (TPSA) is 37.4 Å². The van der Waals surface area contributed by atoms with Crippen molar-refractivity contribution >= 4 is 21.6 Å². The zero-order valence-corrected chi connectivity index (χ0v) is 18.3. The molecule has 0 saturated carbocycles. The van der Waals surface area contributed by atoms with Gasteiger partial charge in [0.2, 0.25) is 10.0 Å². The van der Waals surface area contributed by atoms with Crippen molar-refractivity contribution in [3.05, 3.63) is 99.8 Å². The fourth-order valence-electron chi connectivity index (χ4n) is 3.98. The highest BCUT2D eigenvalue weighted by molar-refractivity contribution is 7.89. The van der Waals surface area contributed by atoms with Crippen molar-refractivity contribution in [3.63, 3.8) is 0 Å². The summed E-state index contributed by atoms with van der Waals surface area (Å²) in [5.41, 5.74) is 3.72. The summed E-state index contributed by atoms with van der Waals surface area (Å²) in [6.07, 6.45) is 1.57. The Kier molecular flexibility index (Phi) is 5.96. The summed E-state index contributed by atoms with van der Waals surface area (Å²) < 4.78 is 42.8. The Morgan fingerprint density at radius 3 is 2.43 bits per heavy atom. The maximum absolute atomic E-state index is 14.3. The Morgan fingerprint density at radius 2 is 1.73 bits per heavy atom. The summed E-state index contributed by atoms with van der Waals surface area (Å²) >= 11 is 5.86. The van der Waals surface area contributed by atoms with Crippen LogP contribution in [0.5, 0.6) is 0 Å². The zero-order chi connectivity index (χ0) is 21.3. The second kappa shape index (κ2) is 8.50. The van der Waals surface area contributed by atoms with Crippen LogP contribution in [0.3, 0.4) is 0 Å². The minimum Gasteiger partial charge on any atom is -0.207 e. The van der Waals surface area contributed by atoms with E-state index in [1.807, 2.05) is 43.3 Å². The maximum atomic E-state index is 14.3. The predicted molar refractivity (Wildman–Crippen MR) is 118 cm³/mol. The molecule has 156 valence electrons. The lowest BCUT2D eigenvalue weighted by Crippen LogP contribution is -2.44. The minimum absolute atomic E-state index is 0.249. The second-order valence-corrected chi connectivity index (χ2v) is 10.1. The van der Waals surface area contributed by atoms with Gasteiger partial charge in [-0.25, -0.2) is 12.8 Å². The number of halogens is 2. The van der Waals surface area contributed by atoms with Gasteiger partial charge < -0.3 is 0 Å². The Balaban J connectivity index is 1.65. The van der Waals surface area contributed by atoms with Crippen LogP contribution in [0.2, 0.25) is 5.02 Å². The van der Waals surface area contributed by atoms with Crippen LogP contribution in [-0.2, 0) is 29.4 Å². The molecule has 30 heavy (non-hydrogen) atoms. The van der Waals surface area contributed by atoms with E-state index >= 15 is 0 Å². The van der Waals surface area contributed by atoms with Gasteiger partial charge in [0.1, 0.15) is 5.82 Å². The molecule has 4 rings (SSSR count). The number of nitrogens with zero attached hydrogens (tertiary/aromatic N) is 1. The standard InChI is InChI=1S/C24H23ClFNO2S/c1-17-6-12-23(13-7-17)30(28,29)27-16-20-5-3-2-4-19(20)14-22(27)11-9-18-8-10-21(25)15-24(18)26/h2-8,10,12-13,15,22H,9,11,14,16H2,1H3. The van der Waals surface area contributed by atoms with Crippen LogP contribution in [0.15, 0.2) is 71.6 Å². The number of fused-ring (bicyclic) bond motifs is 1. The van der Waals surface area contributed by atoms with Gasteiger partial charge in [0, 0.05) is 17.6 Å². The number of hydrogen-bond donors (Lipinski definition) is 0. The van der Waals surface area contributed by atoms with E-state index < -0.39 is 10.0 Å². The molecule has 0 fully saturated rings. The molecule has 0 aromatic heterocycles. The van der Waals surface area contributed by atoms with Crippen LogP contribution in [-0.4, -0.2) is 18.8 Å². The summed E-state index contributed by atoms with van der Waals surface area (Å²) in [6, 6.07) is 19.2. The van der Waals surface area contributed by atoms with Gasteiger partial charge in [-0.1, -0.05) is 59.6 Å². The average Bonchev–Trinajstić information content (AvgIpc) is 2.73. The van der Waals surface area contributed by atoms with E-state index in [9.17, 15) is 12.8 Å². The zero-order valence-electron chi connectivity index (χ0n) is 16.7. The second-order valence-electron chi connectivity index (χ2n) is 7.76. The van der Waals surface area contributed by atoms with Gasteiger partial charge >= 0.3 is 0 Å². The molecule has 6 heteroatoms. The summed E-state index contributed by atoms with van der Waals surface area (Å²) in [6.45, 7) is 2.25. The molecule has 1 aliphatic rings. The van der Waals surface area contributed by atoms with E-state index in [0.717, 1.165) is 16.7 Å². The van der Waals surface area contributed by atoms with E-state index in [1.165, 1.54) is 6.07 Å². The molecule has 0 aliphatic carbocycles. The highest BCUT2D eigenvalue weighted by Gasteiger charge is 2.35. The molecule has 1 aliphatic heterocycles. The van der Waals surface area contributed by atoms with Crippen molar-refractivity contribution in [2.75, 3.05) is 0 Å². The lowest BCUT2D eigenvalue weighted by molar-refractivity contribution is 0.277. The first-order valence-electron chi connectivity index (χ1n) is 9.94. The molecule has 3 aromatic rings. The van der Waals surface area contributed by atoms with Crippen LogP contribution in [0.4, 0.5) is 4.39 Å². The van der Waals surface area contributed by atoms with Crippen molar-refractivity contribution in [2.45, 2.75) is 43.7 Å². The summed E-state index contributed by atoms with van der Waals surface area (Å²) in [7, 11) is -3.67. The number of sulfonamides is 1. The molecule has 0 radical (unpaired) electrons. The van der Waals surface area contributed by atoms with Crippen molar-refractivity contribution in [2.24, 2.45) is 0 Å². The monoisotopic (exact) mass is 443 g/mol. The molecule has 0 amide bonds. The summed E-state index contributed by atoms with van der Waals surface area (Å²) in [5, 5.41) is 0.353. The quantitative estimate of drug-likeness (QED) is 0.519. The Bertz CT molecular complexity index is 1160. The van der Waals surface area contributed by atoms with E-state index in [2.05, 4.69) is 0 Å². The van der Waals surface area contributed by atoms with Crippen LogP contribution >= 0.6 is 11.6 Å². The Morgan fingerprint density at radius 1 is 1.03 bits per heavy atom. The molecule has 0 saturated heterocycles. The number of hydrogen-bond acceptors (Lipinski definition) is 2. The number of aryl methyl sites for hydroxylation is 2. The van der Waals surface area contributed by atoms with Crippen LogP contribution in [0, 0.1) is 12.7 Å². The first kappa shape index (κ1) is 21.0. The molecule has 0 spiro atoms. The maximum Gasteiger partial charge on any atom is 0.243 e. The predicted octanol–water partition coefficient (Wildman–Crippen LogP) is 5.54. The highest BCUT2D eigenvalue weighted by Crippen LogP contribution is 2.31. The van der Waals surface area contributed by atoms with Gasteiger partial charge in [0.05, 0.1) is 4.90 Å². The Labute approximate surface area is 182 Å². The van der Waals surface area contributed by atoms with Crippen molar-refractivity contribution in [1.82, 2.24) is 4.31 Å². The molecule has 0 bridgehead atoms. The largest absolute Gasteiger partial charge is 0.243 e. The van der Waals surface area contributed by atoms with Crippen molar-refractivity contribution in [3.8, 4) is 0 Å². The highest BCUT2D eigenvalue weighted by atomic mass is 35.5. The van der Waals surface area contributed by atoms with Crippen LogP contribution in [0.1, 0.15) is 28.7 Å². The first-order chi connectivity index (χ1) is 14.3. The van der Waals surface area contributed by atoms with E-state index in [0.29, 0.717) is 36.4 Å². The molecule has 1 heterocycles. The molecule has 1 atom stereocenters. The SMILES string of the molecule is Cc1ccc(S(=O)(=O)N2Cc3ccccc3CC2CCc2ccc(Cl)cc2F)cc1. The van der Waals surface area contributed by atoms with Gasteiger partial charge in [-0.3, -0.25) is 0 Å². The summed E-state index contributed by atoms with van der Waals surface area (Å²) in [5.74, 6) is -0.355. The smallest absolute Gasteiger partial charge is 0.207 e. The van der Waals surface area contributed by atoms with E-state index in [4.69, 9.17) is 11.6 Å². The van der Waals surface area contributed by atoms with E-state index in [-0.39, 0.29) is 16.8 Å². The summed E-state index contributed by atoms with van der Waals surface area (Å²) in [4.78, 5) is 0.287. The Hall–Kier alpha value is -2.21. The van der Waals surface area contributed by atoms with Gasteiger partial charge in [-0.2, -0.15) is 4.31 Å². The fraction of sp³-hybridized carbons (Fsp3) is 0.250. The fourth-order valence-corrected chi connectivity index (χ4v) is 5.77. The van der Waals surface area contributed by atoms with Crippen LogP contribution in [0.25, 0.3) is 0 Å². The molecule has 1 unspecified atom stereocenters. The third-order valence-electron chi connectivity index (χ3n) is 5.70. The average molecular weight is 444 g/mol. The molecule has 3 aromatic carbocycles. The normalized spacial score (nSPS) is 17.0. The molecule has 0 N–H and O–H groups in total. The number of rotatable bonds is 5. The number of benzene rings is 3. The van der Waals surface area contributed by atoms with Crippen molar-refractivity contribution in [1.29, 1.82) is 0 Å². The molecule has 3 nitrogen and oxygen atoms in total. The molecular weight excluding hydrogens is 421 g/mol. The lowest BCUT2D eigenvalue weighted by atomic mass is 9.92. The van der Waals surface area contributed by atoms with E-state index in [1.54, 1.807) is 28.6 Å².